The molecule has 0 radical (unpaired) electrons. The standard InChI is InChI=1S/C20H29N3O/c1-17(16-24-20-7-5-18(14-21)6-8-20)9-11-22-12-13-23-10-3-2-4-19(23)15-22/h5-8,17,19H,2-4,9-13,15-16H2,1H3. The van der Waals surface area contributed by atoms with Gasteiger partial charge in [-0.2, -0.15) is 5.26 Å². The minimum atomic E-state index is 0.546. The van der Waals surface area contributed by atoms with Gasteiger partial charge in [0, 0.05) is 25.7 Å². The van der Waals surface area contributed by atoms with Crippen LogP contribution in [0.4, 0.5) is 0 Å². The van der Waals surface area contributed by atoms with Crippen molar-refractivity contribution < 1.29 is 4.74 Å². The molecular formula is C20H29N3O. The van der Waals surface area contributed by atoms with Crippen molar-refractivity contribution in [2.75, 3.05) is 39.3 Å². The Hall–Kier alpha value is -1.57. The van der Waals surface area contributed by atoms with Gasteiger partial charge >= 0.3 is 0 Å². The summed E-state index contributed by atoms with van der Waals surface area (Å²) >= 11 is 0. The molecule has 0 bridgehead atoms. The van der Waals surface area contributed by atoms with Crippen molar-refractivity contribution in [3.63, 3.8) is 0 Å². The van der Waals surface area contributed by atoms with Crippen molar-refractivity contribution in [1.29, 1.82) is 5.26 Å². The average Bonchev–Trinajstić information content (AvgIpc) is 2.65. The smallest absolute Gasteiger partial charge is 0.119 e. The molecule has 2 aliphatic heterocycles. The van der Waals surface area contributed by atoms with Crippen LogP contribution in [0.15, 0.2) is 24.3 Å². The number of hydrogen-bond acceptors (Lipinski definition) is 4. The number of fused-ring (bicyclic) bond motifs is 1. The third-order valence-corrected chi connectivity index (χ3v) is 5.38. The average molecular weight is 327 g/mol. The van der Waals surface area contributed by atoms with Crippen molar-refractivity contribution in [3.8, 4) is 11.8 Å². The highest BCUT2D eigenvalue weighted by molar-refractivity contribution is 5.34. The zero-order chi connectivity index (χ0) is 16.8. The topological polar surface area (TPSA) is 39.5 Å². The number of rotatable bonds is 6. The molecule has 1 aromatic carbocycles. The zero-order valence-electron chi connectivity index (χ0n) is 14.8. The van der Waals surface area contributed by atoms with Crippen LogP contribution in [0, 0.1) is 17.2 Å². The Balaban J connectivity index is 1.36. The maximum Gasteiger partial charge on any atom is 0.119 e. The van der Waals surface area contributed by atoms with Crippen LogP contribution in [-0.4, -0.2) is 55.2 Å². The molecule has 3 rings (SSSR count). The largest absolute Gasteiger partial charge is 0.493 e. The van der Waals surface area contributed by atoms with Gasteiger partial charge in [-0.1, -0.05) is 13.3 Å². The normalized spacial score (nSPS) is 23.2. The molecule has 4 nitrogen and oxygen atoms in total. The lowest BCUT2D eigenvalue weighted by atomic mass is 9.99. The van der Waals surface area contributed by atoms with E-state index in [4.69, 9.17) is 10.00 Å². The van der Waals surface area contributed by atoms with Gasteiger partial charge in [0.2, 0.25) is 0 Å². The number of nitrogens with zero attached hydrogens (tertiary/aromatic N) is 3. The highest BCUT2D eigenvalue weighted by atomic mass is 16.5. The zero-order valence-corrected chi connectivity index (χ0v) is 14.8. The predicted molar refractivity (Wildman–Crippen MR) is 96.1 cm³/mol. The fourth-order valence-corrected chi connectivity index (χ4v) is 3.77. The molecule has 2 unspecified atom stereocenters. The molecule has 130 valence electrons. The second-order valence-electron chi connectivity index (χ2n) is 7.33. The lowest BCUT2D eigenvalue weighted by molar-refractivity contribution is 0.0460. The molecule has 0 aliphatic carbocycles. The van der Waals surface area contributed by atoms with E-state index >= 15 is 0 Å². The number of piperazine rings is 1. The molecule has 0 aromatic heterocycles. The van der Waals surface area contributed by atoms with E-state index in [2.05, 4.69) is 22.8 Å². The van der Waals surface area contributed by atoms with E-state index in [0.29, 0.717) is 11.5 Å². The maximum atomic E-state index is 8.81. The number of nitriles is 1. The summed E-state index contributed by atoms with van der Waals surface area (Å²) in [4.78, 5) is 5.34. The van der Waals surface area contributed by atoms with Gasteiger partial charge in [0.15, 0.2) is 0 Å². The SMILES string of the molecule is CC(CCN1CCN2CCCCC2C1)COc1ccc(C#N)cc1. The van der Waals surface area contributed by atoms with Crippen LogP contribution in [0.25, 0.3) is 0 Å². The van der Waals surface area contributed by atoms with E-state index in [1.165, 1.54) is 58.4 Å². The summed E-state index contributed by atoms with van der Waals surface area (Å²) in [5.41, 5.74) is 0.678. The molecule has 2 atom stereocenters. The van der Waals surface area contributed by atoms with E-state index in [1.54, 1.807) is 0 Å². The third-order valence-electron chi connectivity index (χ3n) is 5.38. The maximum absolute atomic E-state index is 8.81. The first-order chi connectivity index (χ1) is 11.7. The second kappa shape index (κ2) is 8.50. The van der Waals surface area contributed by atoms with Gasteiger partial charge in [0.05, 0.1) is 18.2 Å². The first kappa shape index (κ1) is 17.3. The van der Waals surface area contributed by atoms with Gasteiger partial charge in [0.1, 0.15) is 5.75 Å². The minimum absolute atomic E-state index is 0.546. The van der Waals surface area contributed by atoms with Gasteiger partial charge < -0.3 is 9.64 Å². The third kappa shape index (κ3) is 4.72. The highest BCUT2D eigenvalue weighted by Crippen LogP contribution is 2.21. The summed E-state index contributed by atoms with van der Waals surface area (Å²) in [6, 6.07) is 10.3. The number of piperidine rings is 1. The molecule has 2 saturated heterocycles. The summed E-state index contributed by atoms with van der Waals surface area (Å²) in [6.07, 6.45) is 5.36. The van der Waals surface area contributed by atoms with Crippen LogP contribution < -0.4 is 4.74 Å². The summed E-state index contributed by atoms with van der Waals surface area (Å²) in [6.45, 7) is 9.23. The summed E-state index contributed by atoms with van der Waals surface area (Å²) in [5, 5.41) is 8.81. The Labute approximate surface area is 146 Å². The Morgan fingerprint density at radius 3 is 2.83 bits per heavy atom. The number of ether oxygens (including phenoxy) is 1. The molecule has 0 saturated carbocycles. The summed E-state index contributed by atoms with van der Waals surface area (Å²) < 4.78 is 5.86. The number of hydrogen-bond donors (Lipinski definition) is 0. The molecule has 2 aliphatic rings. The van der Waals surface area contributed by atoms with Crippen LogP contribution in [0.2, 0.25) is 0 Å². The minimum Gasteiger partial charge on any atom is -0.493 e. The van der Waals surface area contributed by atoms with Crippen molar-refractivity contribution in [1.82, 2.24) is 9.80 Å². The van der Waals surface area contributed by atoms with Crippen LogP contribution in [0.3, 0.4) is 0 Å². The quantitative estimate of drug-likeness (QED) is 0.805. The lowest BCUT2D eigenvalue weighted by Crippen LogP contribution is -2.54. The molecule has 0 amide bonds. The van der Waals surface area contributed by atoms with Crippen LogP contribution in [0.5, 0.6) is 5.75 Å². The molecular weight excluding hydrogens is 298 g/mol. The first-order valence-corrected chi connectivity index (χ1v) is 9.34. The van der Waals surface area contributed by atoms with Gasteiger partial charge in [-0.25, -0.2) is 0 Å². The molecule has 0 spiro atoms. The first-order valence-electron chi connectivity index (χ1n) is 9.34. The van der Waals surface area contributed by atoms with Crippen LogP contribution in [-0.2, 0) is 0 Å². The van der Waals surface area contributed by atoms with Gasteiger partial charge in [-0.05, 0) is 62.5 Å². The summed E-state index contributed by atoms with van der Waals surface area (Å²) in [7, 11) is 0. The van der Waals surface area contributed by atoms with Crippen molar-refractivity contribution in [3.05, 3.63) is 29.8 Å². The van der Waals surface area contributed by atoms with E-state index in [9.17, 15) is 0 Å². The Bertz CT molecular complexity index is 551. The van der Waals surface area contributed by atoms with Gasteiger partial charge in [0.25, 0.3) is 0 Å². The van der Waals surface area contributed by atoms with E-state index in [-0.39, 0.29) is 0 Å². The fraction of sp³-hybridized carbons (Fsp3) is 0.650. The molecule has 2 heterocycles. The van der Waals surface area contributed by atoms with Crippen molar-refractivity contribution in [2.45, 2.75) is 38.6 Å². The fourth-order valence-electron chi connectivity index (χ4n) is 3.77. The van der Waals surface area contributed by atoms with Crippen LogP contribution >= 0.6 is 0 Å². The number of benzene rings is 1. The van der Waals surface area contributed by atoms with Crippen molar-refractivity contribution in [2.24, 2.45) is 5.92 Å². The molecule has 2 fully saturated rings. The molecule has 4 heteroatoms. The molecule has 0 N–H and O–H groups in total. The molecule has 24 heavy (non-hydrogen) atoms. The van der Waals surface area contributed by atoms with Crippen molar-refractivity contribution >= 4 is 0 Å². The predicted octanol–water partition coefficient (Wildman–Crippen LogP) is 3.13. The van der Waals surface area contributed by atoms with E-state index in [1.807, 2.05) is 24.3 Å². The monoisotopic (exact) mass is 327 g/mol. The van der Waals surface area contributed by atoms with Crippen LogP contribution in [0.1, 0.15) is 38.2 Å². The highest BCUT2D eigenvalue weighted by Gasteiger charge is 2.28. The second-order valence-corrected chi connectivity index (χ2v) is 7.33. The van der Waals surface area contributed by atoms with E-state index in [0.717, 1.165) is 18.4 Å². The summed E-state index contributed by atoms with van der Waals surface area (Å²) in [5.74, 6) is 1.40. The Kier molecular flexibility index (Phi) is 6.12. The Morgan fingerprint density at radius 1 is 1.21 bits per heavy atom. The van der Waals surface area contributed by atoms with E-state index < -0.39 is 0 Å². The Morgan fingerprint density at radius 2 is 2.04 bits per heavy atom. The molecule has 1 aromatic rings. The van der Waals surface area contributed by atoms with Gasteiger partial charge in [-0.3, -0.25) is 4.90 Å². The lowest BCUT2D eigenvalue weighted by Gasteiger charge is -2.44. The van der Waals surface area contributed by atoms with Gasteiger partial charge in [-0.15, -0.1) is 0 Å².